The molecular formula is C11H11Br2NO5S. The normalized spacial score (nSPS) is 20.2. The smallest absolute Gasteiger partial charge is 0.322 e. The van der Waals surface area contributed by atoms with Crippen molar-refractivity contribution in [1.29, 1.82) is 0 Å². The highest BCUT2D eigenvalue weighted by molar-refractivity contribution is 9.11. The van der Waals surface area contributed by atoms with E-state index in [0.29, 0.717) is 10.9 Å². The van der Waals surface area contributed by atoms with Gasteiger partial charge in [-0.2, -0.15) is 4.31 Å². The van der Waals surface area contributed by atoms with Gasteiger partial charge in [-0.3, -0.25) is 4.79 Å². The fourth-order valence-corrected chi connectivity index (χ4v) is 5.43. The molecule has 0 radical (unpaired) electrons. The summed E-state index contributed by atoms with van der Waals surface area (Å²) in [6.45, 7) is 0.128. The Balaban J connectivity index is 2.53. The molecular weight excluding hydrogens is 418 g/mol. The summed E-state index contributed by atoms with van der Waals surface area (Å²) in [5, 5.41) is 19.0. The number of rotatable bonds is 3. The van der Waals surface area contributed by atoms with Crippen molar-refractivity contribution in [3.05, 3.63) is 21.1 Å². The molecule has 0 spiro atoms. The third kappa shape index (κ3) is 2.72. The molecule has 6 nitrogen and oxygen atoms in total. The van der Waals surface area contributed by atoms with Crippen LogP contribution in [0.2, 0.25) is 0 Å². The summed E-state index contributed by atoms with van der Waals surface area (Å²) in [5.41, 5.74) is 0. The van der Waals surface area contributed by atoms with Crippen LogP contribution in [0.25, 0.3) is 0 Å². The molecule has 1 heterocycles. The second kappa shape index (κ2) is 5.63. The molecule has 1 aromatic carbocycles. The quantitative estimate of drug-likeness (QED) is 0.769. The van der Waals surface area contributed by atoms with Crippen LogP contribution in [0.1, 0.15) is 12.8 Å². The minimum absolute atomic E-state index is 0.128. The predicted octanol–water partition coefficient (Wildman–Crippen LogP) is 2.15. The average Bonchev–Trinajstić information content (AvgIpc) is 2.83. The maximum atomic E-state index is 12.5. The predicted molar refractivity (Wildman–Crippen MR) is 78.1 cm³/mol. The van der Waals surface area contributed by atoms with Gasteiger partial charge in [-0.15, -0.1) is 0 Å². The molecule has 1 atom stereocenters. The van der Waals surface area contributed by atoms with Crippen LogP contribution in [0.4, 0.5) is 0 Å². The number of aliphatic carboxylic acids is 1. The van der Waals surface area contributed by atoms with Gasteiger partial charge < -0.3 is 10.2 Å². The highest BCUT2D eigenvalue weighted by Crippen LogP contribution is 2.37. The van der Waals surface area contributed by atoms with Crippen molar-refractivity contribution in [2.45, 2.75) is 23.8 Å². The Bertz CT molecular complexity index is 661. The van der Waals surface area contributed by atoms with E-state index in [0.717, 1.165) is 4.31 Å². The minimum Gasteiger partial charge on any atom is -0.505 e. The van der Waals surface area contributed by atoms with Crippen molar-refractivity contribution in [3.8, 4) is 5.75 Å². The van der Waals surface area contributed by atoms with Gasteiger partial charge in [0.1, 0.15) is 16.7 Å². The number of hydrogen-bond donors (Lipinski definition) is 2. The monoisotopic (exact) mass is 427 g/mol. The van der Waals surface area contributed by atoms with E-state index < -0.39 is 27.8 Å². The van der Waals surface area contributed by atoms with Crippen molar-refractivity contribution >= 4 is 47.9 Å². The third-order valence-electron chi connectivity index (χ3n) is 3.07. The summed E-state index contributed by atoms with van der Waals surface area (Å²) < 4.78 is 26.7. The van der Waals surface area contributed by atoms with Gasteiger partial charge in [0.15, 0.2) is 0 Å². The molecule has 0 amide bonds. The number of aromatic hydroxyl groups is 1. The number of benzene rings is 1. The van der Waals surface area contributed by atoms with Crippen molar-refractivity contribution < 1.29 is 23.4 Å². The highest BCUT2D eigenvalue weighted by atomic mass is 79.9. The number of phenolic OH excluding ortho intramolecular Hbond substituents is 1. The summed E-state index contributed by atoms with van der Waals surface area (Å²) in [6.07, 6.45) is 0.747. The van der Waals surface area contributed by atoms with Gasteiger partial charge in [0.05, 0.1) is 4.47 Å². The largest absolute Gasteiger partial charge is 0.505 e. The number of carboxylic acid groups (broad SMARTS) is 1. The molecule has 1 saturated heterocycles. The van der Waals surface area contributed by atoms with Crippen LogP contribution >= 0.6 is 31.9 Å². The van der Waals surface area contributed by atoms with Crippen molar-refractivity contribution in [3.63, 3.8) is 0 Å². The molecule has 1 aromatic rings. The lowest BCUT2D eigenvalue weighted by Gasteiger charge is -2.21. The zero-order valence-electron chi connectivity index (χ0n) is 10.1. The standard InChI is InChI=1S/C11H11Br2NO5S/c12-6-4-7(13)10(15)9(5-6)20(18,19)14-3-1-2-8(14)11(16)17/h4-5,8,15H,1-3H2,(H,16,17)/t8-/m1/s1. The fourth-order valence-electron chi connectivity index (χ4n) is 2.14. The molecule has 0 unspecified atom stereocenters. The second-order valence-corrected chi connectivity index (χ2v) is 7.98. The van der Waals surface area contributed by atoms with Crippen LogP contribution in [-0.2, 0) is 14.8 Å². The fraction of sp³-hybridized carbons (Fsp3) is 0.364. The topological polar surface area (TPSA) is 94.9 Å². The van der Waals surface area contributed by atoms with E-state index in [1.54, 1.807) is 0 Å². The molecule has 0 aromatic heterocycles. The minimum atomic E-state index is -4.07. The lowest BCUT2D eigenvalue weighted by atomic mass is 10.2. The molecule has 0 bridgehead atoms. The number of nitrogens with zero attached hydrogens (tertiary/aromatic N) is 1. The zero-order chi connectivity index (χ0) is 15.1. The number of phenols is 1. The van der Waals surface area contributed by atoms with E-state index in [1.807, 2.05) is 0 Å². The van der Waals surface area contributed by atoms with Gasteiger partial charge in [-0.05, 0) is 40.9 Å². The van der Waals surface area contributed by atoms with E-state index in [9.17, 15) is 18.3 Å². The van der Waals surface area contributed by atoms with Gasteiger partial charge in [0.25, 0.3) is 0 Å². The second-order valence-electron chi connectivity index (χ2n) is 4.35. The highest BCUT2D eigenvalue weighted by Gasteiger charge is 2.40. The summed E-state index contributed by atoms with van der Waals surface area (Å²) >= 11 is 6.21. The number of hydrogen-bond acceptors (Lipinski definition) is 4. The Morgan fingerprint density at radius 3 is 2.60 bits per heavy atom. The van der Waals surface area contributed by atoms with Gasteiger partial charge in [0, 0.05) is 11.0 Å². The SMILES string of the molecule is O=C(O)[C@H]1CCCN1S(=O)(=O)c1cc(Br)cc(Br)c1O. The lowest BCUT2D eigenvalue weighted by molar-refractivity contribution is -0.140. The van der Waals surface area contributed by atoms with Crippen LogP contribution in [0.3, 0.4) is 0 Å². The van der Waals surface area contributed by atoms with Gasteiger partial charge in [-0.25, -0.2) is 8.42 Å². The van der Waals surface area contributed by atoms with E-state index in [-0.39, 0.29) is 22.3 Å². The molecule has 9 heteroatoms. The van der Waals surface area contributed by atoms with Crippen LogP contribution in [0, 0.1) is 0 Å². The molecule has 0 aliphatic carbocycles. The van der Waals surface area contributed by atoms with Crippen LogP contribution in [0.5, 0.6) is 5.75 Å². The van der Waals surface area contributed by atoms with Crippen LogP contribution in [0.15, 0.2) is 26.0 Å². The summed E-state index contributed by atoms with van der Waals surface area (Å²) in [5.74, 6) is -1.61. The number of carboxylic acids is 1. The number of carbonyl (C=O) groups is 1. The van der Waals surface area contributed by atoms with E-state index in [2.05, 4.69) is 31.9 Å². The summed E-state index contributed by atoms with van der Waals surface area (Å²) in [6, 6.07) is 1.68. The lowest BCUT2D eigenvalue weighted by Crippen LogP contribution is -2.40. The molecule has 110 valence electrons. The average molecular weight is 429 g/mol. The molecule has 1 aliphatic rings. The van der Waals surface area contributed by atoms with Crippen molar-refractivity contribution in [1.82, 2.24) is 4.31 Å². The first kappa shape index (κ1) is 15.7. The summed E-state index contributed by atoms with van der Waals surface area (Å²) in [4.78, 5) is 10.8. The molecule has 1 aliphatic heterocycles. The Morgan fingerprint density at radius 1 is 1.35 bits per heavy atom. The van der Waals surface area contributed by atoms with Gasteiger partial charge in [-0.1, -0.05) is 15.9 Å². The third-order valence-corrected chi connectivity index (χ3v) is 6.05. The molecule has 2 N–H and O–H groups in total. The molecule has 2 rings (SSSR count). The number of halogens is 2. The van der Waals surface area contributed by atoms with Gasteiger partial charge in [0.2, 0.25) is 10.0 Å². The maximum Gasteiger partial charge on any atom is 0.322 e. The number of sulfonamides is 1. The van der Waals surface area contributed by atoms with Gasteiger partial charge >= 0.3 is 5.97 Å². The van der Waals surface area contributed by atoms with Crippen molar-refractivity contribution in [2.75, 3.05) is 6.54 Å². The molecule has 1 fully saturated rings. The first-order valence-corrected chi connectivity index (χ1v) is 8.70. The zero-order valence-corrected chi connectivity index (χ0v) is 14.1. The van der Waals surface area contributed by atoms with E-state index in [4.69, 9.17) is 5.11 Å². The summed E-state index contributed by atoms with van der Waals surface area (Å²) in [7, 11) is -4.07. The first-order valence-electron chi connectivity index (χ1n) is 5.68. The first-order chi connectivity index (χ1) is 9.25. The Labute approximate surface area is 132 Å². The molecule has 20 heavy (non-hydrogen) atoms. The molecule has 0 saturated carbocycles. The van der Waals surface area contributed by atoms with Crippen molar-refractivity contribution in [2.24, 2.45) is 0 Å². The van der Waals surface area contributed by atoms with Crippen LogP contribution in [-0.4, -0.2) is 41.5 Å². The van der Waals surface area contributed by atoms with Crippen LogP contribution < -0.4 is 0 Å². The Kier molecular flexibility index (Phi) is 4.43. The Morgan fingerprint density at radius 2 is 2.00 bits per heavy atom. The van der Waals surface area contributed by atoms with E-state index >= 15 is 0 Å². The Hall–Kier alpha value is -0.640. The maximum absolute atomic E-state index is 12.5. The van der Waals surface area contributed by atoms with E-state index in [1.165, 1.54) is 12.1 Å².